The molecule has 0 saturated carbocycles. The Balaban J connectivity index is 1.54. The monoisotopic (exact) mass is 294 g/mol. The highest BCUT2D eigenvalue weighted by Crippen LogP contribution is 2.29. The summed E-state index contributed by atoms with van der Waals surface area (Å²) >= 11 is 1.88. The van der Waals surface area contributed by atoms with E-state index in [9.17, 15) is 0 Å². The summed E-state index contributed by atoms with van der Waals surface area (Å²) in [6.07, 6.45) is 8.03. The van der Waals surface area contributed by atoms with Crippen LogP contribution in [-0.4, -0.2) is 9.38 Å². The van der Waals surface area contributed by atoms with Gasteiger partial charge in [-0.15, -0.1) is 11.8 Å². The summed E-state index contributed by atoms with van der Waals surface area (Å²) in [6.45, 7) is 2.11. The standard InChI is InChI=1S/C18H18N2S/c1-13-4-3-9-20-11-16(19-18(13)20)12-21-17-8-7-14-5-2-6-15(14)10-17/h3-4,7-11H,2,5-6,12H2,1H3. The van der Waals surface area contributed by atoms with Crippen LogP contribution in [0.25, 0.3) is 5.65 Å². The van der Waals surface area contributed by atoms with Crippen molar-refractivity contribution in [3.05, 3.63) is 65.1 Å². The Labute approximate surface area is 129 Å². The van der Waals surface area contributed by atoms with Crippen LogP contribution in [0.4, 0.5) is 0 Å². The molecule has 0 radical (unpaired) electrons. The summed E-state index contributed by atoms with van der Waals surface area (Å²) in [5.74, 6) is 0.930. The van der Waals surface area contributed by atoms with Gasteiger partial charge in [0.15, 0.2) is 0 Å². The van der Waals surface area contributed by atoms with E-state index in [4.69, 9.17) is 4.98 Å². The minimum absolute atomic E-state index is 0.930. The van der Waals surface area contributed by atoms with Gasteiger partial charge >= 0.3 is 0 Å². The molecule has 1 aliphatic rings. The molecule has 4 rings (SSSR count). The highest BCUT2D eigenvalue weighted by atomic mass is 32.2. The van der Waals surface area contributed by atoms with Gasteiger partial charge in [0.05, 0.1) is 5.69 Å². The number of nitrogens with zero attached hydrogens (tertiary/aromatic N) is 2. The molecule has 0 atom stereocenters. The van der Waals surface area contributed by atoms with Gasteiger partial charge in [0.2, 0.25) is 0 Å². The Kier molecular flexibility index (Phi) is 3.23. The zero-order chi connectivity index (χ0) is 14.2. The highest BCUT2D eigenvalue weighted by Gasteiger charge is 2.11. The fourth-order valence-corrected chi connectivity index (χ4v) is 3.91. The number of imidazole rings is 1. The predicted octanol–water partition coefficient (Wildman–Crippen LogP) is 4.42. The first-order valence-electron chi connectivity index (χ1n) is 7.47. The lowest BCUT2D eigenvalue weighted by molar-refractivity contribution is 0.911. The fourth-order valence-electron chi connectivity index (χ4n) is 3.07. The summed E-state index contributed by atoms with van der Waals surface area (Å²) in [5, 5.41) is 0. The number of fused-ring (bicyclic) bond motifs is 2. The van der Waals surface area contributed by atoms with Crippen molar-refractivity contribution in [3.63, 3.8) is 0 Å². The van der Waals surface area contributed by atoms with Crippen molar-refractivity contribution in [2.45, 2.75) is 36.8 Å². The molecule has 1 aliphatic carbocycles. The lowest BCUT2D eigenvalue weighted by Crippen LogP contribution is -1.85. The molecule has 0 saturated heterocycles. The molecule has 0 spiro atoms. The maximum absolute atomic E-state index is 4.74. The van der Waals surface area contributed by atoms with Crippen LogP contribution < -0.4 is 0 Å². The molecule has 0 amide bonds. The van der Waals surface area contributed by atoms with Crippen molar-refractivity contribution >= 4 is 17.4 Å². The molecule has 1 aromatic carbocycles. The maximum atomic E-state index is 4.74. The predicted molar refractivity (Wildman–Crippen MR) is 88.0 cm³/mol. The molecule has 2 heterocycles. The van der Waals surface area contributed by atoms with Crippen LogP contribution in [0.1, 0.15) is 28.8 Å². The molecule has 21 heavy (non-hydrogen) atoms. The van der Waals surface area contributed by atoms with Crippen LogP contribution >= 0.6 is 11.8 Å². The first-order valence-corrected chi connectivity index (χ1v) is 8.46. The summed E-state index contributed by atoms with van der Waals surface area (Å²) in [6, 6.07) is 11.1. The molecule has 0 aliphatic heterocycles. The maximum Gasteiger partial charge on any atom is 0.139 e. The Morgan fingerprint density at radius 2 is 2.10 bits per heavy atom. The summed E-state index contributed by atoms with van der Waals surface area (Å²) in [4.78, 5) is 6.11. The summed E-state index contributed by atoms with van der Waals surface area (Å²) in [7, 11) is 0. The van der Waals surface area contributed by atoms with E-state index in [0.717, 1.165) is 17.1 Å². The number of rotatable bonds is 3. The van der Waals surface area contributed by atoms with Crippen molar-refractivity contribution < 1.29 is 0 Å². The quantitative estimate of drug-likeness (QED) is 0.665. The molecule has 0 bridgehead atoms. The normalized spacial score (nSPS) is 13.8. The van der Waals surface area contributed by atoms with Gasteiger partial charge in [0, 0.05) is 23.0 Å². The van der Waals surface area contributed by atoms with Crippen LogP contribution in [0.5, 0.6) is 0 Å². The Morgan fingerprint density at radius 1 is 1.19 bits per heavy atom. The SMILES string of the molecule is Cc1cccn2cc(CSc3ccc4c(c3)CCC4)nc12. The van der Waals surface area contributed by atoms with Gasteiger partial charge in [0.1, 0.15) is 5.65 Å². The van der Waals surface area contributed by atoms with Crippen LogP contribution in [0.15, 0.2) is 47.6 Å². The molecule has 0 fully saturated rings. The number of benzene rings is 1. The number of thioether (sulfide) groups is 1. The topological polar surface area (TPSA) is 17.3 Å². The lowest BCUT2D eigenvalue weighted by atomic mass is 10.1. The average Bonchev–Trinajstić information content (AvgIpc) is 3.11. The molecule has 2 nitrogen and oxygen atoms in total. The molecule has 2 aromatic heterocycles. The van der Waals surface area contributed by atoms with E-state index in [1.54, 1.807) is 11.1 Å². The van der Waals surface area contributed by atoms with Crippen molar-refractivity contribution in [1.29, 1.82) is 0 Å². The summed E-state index contributed by atoms with van der Waals surface area (Å²) in [5.41, 5.74) is 6.54. The van der Waals surface area contributed by atoms with Crippen molar-refractivity contribution in [3.8, 4) is 0 Å². The zero-order valence-electron chi connectivity index (χ0n) is 12.2. The van der Waals surface area contributed by atoms with E-state index in [1.165, 1.54) is 29.7 Å². The average molecular weight is 294 g/mol. The van der Waals surface area contributed by atoms with E-state index in [2.05, 4.69) is 54.0 Å². The number of pyridine rings is 1. The second-order valence-corrected chi connectivity index (χ2v) is 6.78. The second-order valence-electron chi connectivity index (χ2n) is 5.73. The first-order chi connectivity index (χ1) is 10.3. The second kappa shape index (κ2) is 5.23. The van der Waals surface area contributed by atoms with Crippen LogP contribution in [-0.2, 0) is 18.6 Å². The number of aromatic nitrogens is 2. The Bertz CT molecular complexity index is 804. The van der Waals surface area contributed by atoms with E-state index in [1.807, 2.05) is 11.8 Å². The van der Waals surface area contributed by atoms with Crippen molar-refractivity contribution in [1.82, 2.24) is 9.38 Å². The van der Waals surface area contributed by atoms with Gasteiger partial charge in [-0.05, 0) is 61.1 Å². The smallest absolute Gasteiger partial charge is 0.139 e. The molecule has 0 N–H and O–H groups in total. The van der Waals surface area contributed by atoms with Crippen LogP contribution in [0, 0.1) is 6.92 Å². The zero-order valence-corrected chi connectivity index (χ0v) is 13.0. The lowest BCUT2D eigenvalue weighted by Gasteiger charge is -2.03. The minimum atomic E-state index is 0.930. The summed E-state index contributed by atoms with van der Waals surface area (Å²) < 4.78 is 2.12. The minimum Gasteiger partial charge on any atom is -0.307 e. The number of hydrogen-bond donors (Lipinski definition) is 0. The Hall–Kier alpha value is -1.74. The van der Waals surface area contributed by atoms with Gasteiger partial charge in [-0.1, -0.05) is 12.1 Å². The molecular formula is C18H18N2S. The van der Waals surface area contributed by atoms with Gasteiger partial charge in [-0.25, -0.2) is 4.98 Å². The first kappa shape index (κ1) is 13.0. The van der Waals surface area contributed by atoms with E-state index in [-0.39, 0.29) is 0 Å². The van der Waals surface area contributed by atoms with Gasteiger partial charge in [-0.2, -0.15) is 0 Å². The Morgan fingerprint density at radius 3 is 3.00 bits per heavy atom. The van der Waals surface area contributed by atoms with Gasteiger partial charge in [0.25, 0.3) is 0 Å². The third-order valence-corrected chi connectivity index (χ3v) is 5.21. The fraction of sp³-hybridized carbons (Fsp3) is 0.278. The van der Waals surface area contributed by atoms with E-state index >= 15 is 0 Å². The van der Waals surface area contributed by atoms with E-state index in [0.29, 0.717) is 0 Å². The third-order valence-electron chi connectivity index (χ3n) is 4.18. The molecule has 3 heteroatoms. The molecule has 3 aromatic rings. The van der Waals surface area contributed by atoms with E-state index < -0.39 is 0 Å². The molecular weight excluding hydrogens is 276 g/mol. The van der Waals surface area contributed by atoms with Crippen molar-refractivity contribution in [2.75, 3.05) is 0 Å². The van der Waals surface area contributed by atoms with Gasteiger partial charge in [-0.3, -0.25) is 0 Å². The number of hydrogen-bond acceptors (Lipinski definition) is 2. The largest absolute Gasteiger partial charge is 0.307 e. The van der Waals surface area contributed by atoms with Crippen LogP contribution in [0.3, 0.4) is 0 Å². The van der Waals surface area contributed by atoms with Crippen molar-refractivity contribution in [2.24, 2.45) is 0 Å². The molecule has 106 valence electrons. The third kappa shape index (κ3) is 2.46. The number of aryl methyl sites for hydroxylation is 3. The molecule has 0 unspecified atom stereocenters. The van der Waals surface area contributed by atoms with Crippen LogP contribution in [0.2, 0.25) is 0 Å². The van der Waals surface area contributed by atoms with Gasteiger partial charge < -0.3 is 4.40 Å². The highest BCUT2D eigenvalue weighted by molar-refractivity contribution is 7.98.